The molecule has 0 aliphatic carbocycles. The highest BCUT2D eigenvalue weighted by Crippen LogP contribution is 2.40. The number of likely N-dealkylation sites (tertiary alicyclic amines) is 1. The second-order valence-electron chi connectivity index (χ2n) is 9.08. The molecule has 34 heavy (non-hydrogen) atoms. The van der Waals surface area contributed by atoms with Gasteiger partial charge in [-0.15, -0.1) is 0 Å². The lowest BCUT2D eigenvalue weighted by atomic mass is 9.71. The largest absolute Gasteiger partial charge is 0.348 e. The first-order valence-electron chi connectivity index (χ1n) is 11.4. The van der Waals surface area contributed by atoms with Crippen LogP contribution in [0.2, 0.25) is 0 Å². The number of hydrogen-bond acceptors (Lipinski definition) is 5. The Bertz CT molecular complexity index is 1100. The van der Waals surface area contributed by atoms with E-state index >= 15 is 0 Å². The molecule has 0 N–H and O–H groups in total. The summed E-state index contributed by atoms with van der Waals surface area (Å²) in [4.78, 5) is 48.2. The second kappa shape index (κ2) is 10.1. The standard InChI is InChI=1S/C27H30N4O3/c1-29(2)23(32)18-31-16-21(25(33)19-10-6-4-7-11-19)24(27-28-14-15-30(27)3)22(17-31)26(34)20-12-8-5-9-13-20/h4-15,21-22,24H,16-18H2,1-3H3. The van der Waals surface area contributed by atoms with Gasteiger partial charge >= 0.3 is 0 Å². The lowest BCUT2D eigenvalue weighted by Gasteiger charge is -2.42. The number of imidazole rings is 1. The molecule has 1 aromatic heterocycles. The summed E-state index contributed by atoms with van der Waals surface area (Å²) in [6.45, 7) is 0.907. The molecular weight excluding hydrogens is 428 g/mol. The number of hydrogen-bond donors (Lipinski definition) is 0. The third-order valence-electron chi connectivity index (χ3n) is 6.58. The summed E-state index contributed by atoms with van der Waals surface area (Å²) < 4.78 is 1.89. The molecular formula is C27H30N4O3. The highest BCUT2D eigenvalue weighted by molar-refractivity contribution is 6.02. The minimum atomic E-state index is -0.523. The van der Waals surface area contributed by atoms with Crippen LogP contribution < -0.4 is 0 Å². The number of benzene rings is 2. The summed E-state index contributed by atoms with van der Waals surface area (Å²) in [5.41, 5.74) is 1.19. The first-order chi connectivity index (χ1) is 16.4. The summed E-state index contributed by atoms with van der Waals surface area (Å²) in [5.74, 6) is -0.891. The minimum Gasteiger partial charge on any atom is -0.348 e. The molecule has 0 radical (unpaired) electrons. The predicted octanol–water partition coefficient (Wildman–Crippen LogP) is 2.91. The number of nitrogens with zero attached hydrogens (tertiary/aromatic N) is 4. The van der Waals surface area contributed by atoms with E-state index in [1.165, 1.54) is 4.90 Å². The van der Waals surface area contributed by atoms with Crippen LogP contribution in [0, 0.1) is 11.8 Å². The molecule has 1 saturated heterocycles. The molecule has 1 amide bonds. The summed E-state index contributed by atoms with van der Waals surface area (Å²) in [5, 5.41) is 0. The van der Waals surface area contributed by atoms with Gasteiger partial charge in [-0.3, -0.25) is 19.3 Å². The maximum Gasteiger partial charge on any atom is 0.236 e. The average molecular weight is 459 g/mol. The highest BCUT2D eigenvalue weighted by Gasteiger charge is 2.46. The lowest BCUT2D eigenvalue weighted by Crippen LogP contribution is -2.53. The molecule has 0 saturated carbocycles. The van der Waals surface area contributed by atoms with Crippen LogP contribution in [0.25, 0.3) is 0 Å². The molecule has 0 spiro atoms. The van der Waals surface area contributed by atoms with Gasteiger partial charge in [-0.2, -0.15) is 0 Å². The quantitative estimate of drug-likeness (QED) is 0.509. The van der Waals surface area contributed by atoms with Crippen LogP contribution in [-0.2, 0) is 11.8 Å². The molecule has 7 heteroatoms. The number of ketones is 2. The lowest BCUT2D eigenvalue weighted by molar-refractivity contribution is -0.130. The maximum atomic E-state index is 13.8. The Morgan fingerprint density at radius 2 is 1.38 bits per heavy atom. The van der Waals surface area contributed by atoms with E-state index in [1.54, 1.807) is 44.6 Å². The van der Waals surface area contributed by atoms with Crippen molar-refractivity contribution in [1.29, 1.82) is 0 Å². The van der Waals surface area contributed by atoms with E-state index in [2.05, 4.69) is 4.98 Å². The highest BCUT2D eigenvalue weighted by atomic mass is 16.2. The smallest absolute Gasteiger partial charge is 0.236 e. The maximum absolute atomic E-state index is 13.8. The fourth-order valence-electron chi connectivity index (χ4n) is 4.78. The van der Waals surface area contributed by atoms with Crippen LogP contribution in [0.3, 0.4) is 0 Å². The van der Waals surface area contributed by atoms with Gasteiger partial charge < -0.3 is 9.47 Å². The Labute approximate surface area is 200 Å². The number of rotatable bonds is 7. The molecule has 2 heterocycles. The van der Waals surface area contributed by atoms with E-state index in [1.807, 2.05) is 59.1 Å². The van der Waals surface area contributed by atoms with E-state index in [9.17, 15) is 14.4 Å². The van der Waals surface area contributed by atoms with Crippen molar-refractivity contribution in [2.24, 2.45) is 18.9 Å². The first kappa shape index (κ1) is 23.6. The zero-order valence-electron chi connectivity index (χ0n) is 19.8. The van der Waals surface area contributed by atoms with Gasteiger partial charge in [-0.1, -0.05) is 60.7 Å². The van der Waals surface area contributed by atoms with Crippen molar-refractivity contribution in [3.8, 4) is 0 Å². The van der Waals surface area contributed by atoms with Crippen molar-refractivity contribution in [2.75, 3.05) is 33.7 Å². The Balaban J connectivity index is 1.79. The molecule has 1 fully saturated rings. The Kier molecular flexibility index (Phi) is 7.03. The third kappa shape index (κ3) is 4.84. The summed E-state index contributed by atoms with van der Waals surface area (Å²) in [7, 11) is 5.31. The van der Waals surface area contributed by atoms with Gasteiger partial charge in [0.05, 0.1) is 6.54 Å². The molecule has 2 unspecified atom stereocenters. The topological polar surface area (TPSA) is 75.5 Å². The van der Waals surface area contributed by atoms with Gasteiger partial charge in [0.15, 0.2) is 11.6 Å². The van der Waals surface area contributed by atoms with Crippen molar-refractivity contribution >= 4 is 17.5 Å². The zero-order valence-corrected chi connectivity index (χ0v) is 19.8. The van der Waals surface area contributed by atoms with Crippen molar-refractivity contribution in [3.05, 3.63) is 90.0 Å². The van der Waals surface area contributed by atoms with Crippen LogP contribution in [0.1, 0.15) is 32.5 Å². The zero-order chi connectivity index (χ0) is 24.2. The number of Topliss-reactive ketones (excluding diaryl/α,β-unsaturated/α-hetero) is 2. The predicted molar refractivity (Wildman–Crippen MR) is 130 cm³/mol. The number of aromatic nitrogens is 2. The molecule has 2 aromatic carbocycles. The summed E-state index contributed by atoms with van der Waals surface area (Å²) in [6.07, 6.45) is 3.54. The molecule has 2 atom stereocenters. The number of carbonyl (C=O) groups is 3. The fraction of sp³-hybridized carbons (Fsp3) is 0.333. The molecule has 7 nitrogen and oxygen atoms in total. The number of likely N-dealkylation sites (N-methyl/N-ethyl adjacent to an activating group) is 1. The second-order valence-corrected chi connectivity index (χ2v) is 9.08. The molecule has 1 aliphatic heterocycles. The van der Waals surface area contributed by atoms with E-state index in [0.717, 1.165) is 0 Å². The molecule has 3 aromatic rings. The van der Waals surface area contributed by atoms with Gasteiger partial charge in [0, 0.05) is 75.5 Å². The Hall–Kier alpha value is -3.58. The van der Waals surface area contributed by atoms with Crippen molar-refractivity contribution in [3.63, 3.8) is 0 Å². The van der Waals surface area contributed by atoms with E-state index < -0.39 is 17.8 Å². The summed E-state index contributed by atoms with van der Waals surface area (Å²) in [6, 6.07) is 18.3. The average Bonchev–Trinajstić information content (AvgIpc) is 3.28. The van der Waals surface area contributed by atoms with Crippen molar-refractivity contribution in [1.82, 2.24) is 19.4 Å². The number of aryl methyl sites for hydroxylation is 1. The van der Waals surface area contributed by atoms with Crippen molar-refractivity contribution < 1.29 is 14.4 Å². The van der Waals surface area contributed by atoms with E-state index in [4.69, 9.17) is 0 Å². The molecule has 176 valence electrons. The first-order valence-corrected chi connectivity index (χ1v) is 11.4. The van der Waals surface area contributed by atoms with Crippen LogP contribution in [0.5, 0.6) is 0 Å². The number of piperidine rings is 1. The van der Waals surface area contributed by atoms with Gasteiger partial charge in [-0.05, 0) is 0 Å². The molecule has 0 bridgehead atoms. The number of amides is 1. The van der Waals surface area contributed by atoms with Gasteiger partial charge in [0.2, 0.25) is 5.91 Å². The van der Waals surface area contributed by atoms with E-state index in [-0.39, 0.29) is 24.0 Å². The van der Waals surface area contributed by atoms with Gasteiger partial charge in [0.25, 0.3) is 0 Å². The normalized spacial score (nSPS) is 20.6. The van der Waals surface area contributed by atoms with Crippen molar-refractivity contribution in [2.45, 2.75) is 5.92 Å². The van der Waals surface area contributed by atoms with Crippen LogP contribution >= 0.6 is 0 Å². The van der Waals surface area contributed by atoms with E-state index in [0.29, 0.717) is 30.0 Å². The van der Waals surface area contributed by atoms with Crippen LogP contribution in [-0.4, -0.2) is 70.6 Å². The third-order valence-corrected chi connectivity index (χ3v) is 6.58. The summed E-state index contributed by atoms with van der Waals surface area (Å²) >= 11 is 0. The van der Waals surface area contributed by atoms with Gasteiger partial charge in [0.1, 0.15) is 5.82 Å². The molecule has 4 rings (SSSR count). The van der Waals surface area contributed by atoms with Gasteiger partial charge in [-0.25, -0.2) is 4.98 Å². The Morgan fingerprint density at radius 3 is 1.79 bits per heavy atom. The fourth-order valence-corrected chi connectivity index (χ4v) is 4.78. The minimum absolute atomic E-state index is 0.0403. The van der Waals surface area contributed by atoms with Crippen LogP contribution in [0.4, 0.5) is 0 Å². The monoisotopic (exact) mass is 458 g/mol. The van der Waals surface area contributed by atoms with Crippen LogP contribution in [0.15, 0.2) is 73.1 Å². The molecule has 1 aliphatic rings. The Morgan fingerprint density at radius 1 is 0.882 bits per heavy atom. The SMILES string of the molecule is CN(C)C(=O)CN1CC(C(=O)c2ccccc2)C(c2nccn2C)C(C(=O)c2ccccc2)C1. The number of carbonyl (C=O) groups excluding carboxylic acids is 3.